The van der Waals surface area contributed by atoms with E-state index < -0.39 is 11.4 Å². The number of ether oxygens (including phenoxy) is 1. The smallest absolute Gasteiger partial charge is 0.321 e. The van der Waals surface area contributed by atoms with Gasteiger partial charge >= 0.3 is 5.97 Å². The van der Waals surface area contributed by atoms with Gasteiger partial charge in [-0.1, -0.05) is 0 Å². The van der Waals surface area contributed by atoms with Gasteiger partial charge in [0.25, 0.3) is 0 Å². The van der Waals surface area contributed by atoms with E-state index in [-0.39, 0.29) is 11.4 Å². The highest BCUT2D eigenvalue weighted by atomic mass is 16.5. The number of carbonyl (C=O) groups is 2. The second-order valence-electron chi connectivity index (χ2n) is 5.11. The number of hydrogen-bond acceptors (Lipinski definition) is 3. The van der Waals surface area contributed by atoms with Crippen LogP contribution in [0.4, 0.5) is 0 Å². The Morgan fingerprint density at radius 1 is 1.27 bits per heavy atom. The zero-order chi connectivity index (χ0) is 11.9. The Morgan fingerprint density at radius 3 is 2.00 bits per heavy atom. The molecule has 15 heavy (non-hydrogen) atoms. The van der Waals surface area contributed by atoms with E-state index in [1.165, 1.54) is 7.11 Å². The van der Waals surface area contributed by atoms with Gasteiger partial charge in [0.1, 0.15) is 5.41 Å². The van der Waals surface area contributed by atoms with Gasteiger partial charge in [0.05, 0.1) is 7.11 Å². The summed E-state index contributed by atoms with van der Waals surface area (Å²) in [6.07, 6.45) is 1.22. The maximum atomic E-state index is 12.1. The van der Waals surface area contributed by atoms with Crippen molar-refractivity contribution >= 4 is 11.9 Å². The normalized spacial score (nSPS) is 18.2. The summed E-state index contributed by atoms with van der Waals surface area (Å²) in [7, 11) is 3.05. The van der Waals surface area contributed by atoms with Crippen molar-refractivity contribution in [3.05, 3.63) is 0 Å². The van der Waals surface area contributed by atoms with Crippen LogP contribution in [-0.4, -0.2) is 36.5 Å². The third-order valence-corrected chi connectivity index (χ3v) is 3.05. The second kappa shape index (κ2) is 3.51. The van der Waals surface area contributed by atoms with Crippen molar-refractivity contribution in [2.24, 2.45) is 5.41 Å². The molecule has 0 spiro atoms. The molecule has 1 amide bonds. The van der Waals surface area contributed by atoms with Gasteiger partial charge in [-0.25, -0.2) is 0 Å². The number of carbonyl (C=O) groups excluding carboxylic acids is 2. The van der Waals surface area contributed by atoms with E-state index in [1.807, 2.05) is 20.8 Å². The maximum Gasteiger partial charge on any atom is 0.321 e. The SMILES string of the molecule is COC(=O)C1(C(=O)N(C)C(C)(C)C)CC1. The summed E-state index contributed by atoms with van der Waals surface area (Å²) >= 11 is 0. The molecule has 1 fully saturated rings. The van der Waals surface area contributed by atoms with Gasteiger partial charge in [-0.15, -0.1) is 0 Å². The van der Waals surface area contributed by atoms with Crippen molar-refractivity contribution in [1.29, 1.82) is 0 Å². The maximum absolute atomic E-state index is 12.1. The number of nitrogens with zero attached hydrogens (tertiary/aromatic N) is 1. The predicted octanol–water partition coefficient (Wildman–Crippen LogP) is 1.20. The third kappa shape index (κ3) is 1.98. The van der Waals surface area contributed by atoms with E-state index in [0.717, 1.165) is 0 Å². The van der Waals surface area contributed by atoms with Gasteiger partial charge in [0, 0.05) is 12.6 Å². The van der Waals surface area contributed by atoms with Crippen LogP contribution in [0.5, 0.6) is 0 Å². The van der Waals surface area contributed by atoms with Crippen LogP contribution in [0.25, 0.3) is 0 Å². The largest absolute Gasteiger partial charge is 0.468 e. The Kier molecular flexibility index (Phi) is 2.81. The van der Waals surface area contributed by atoms with E-state index in [1.54, 1.807) is 11.9 Å². The first-order chi connectivity index (χ1) is 6.75. The van der Waals surface area contributed by atoms with Crippen molar-refractivity contribution in [1.82, 2.24) is 4.90 Å². The molecule has 0 unspecified atom stereocenters. The zero-order valence-electron chi connectivity index (χ0n) is 10.1. The summed E-state index contributed by atoms with van der Waals surface area (Å²) < 4.78 is 4.68. The standard InChI is InChI=1S/C11H19NO3/c1-10(2,3)12(4)8(13)11(6-7-11)9(14)15-5/h6-7H2,1-5H3. The Hall–Kier alpha value is -1.06. The van der Waals surface area contributed by atoms with Crippen LogP contribution >= 0.6 is 0 Å². The topological polar surface area (TPSA) is 46.6 Å². The summed E-state index contributed by atoms with van der Waals surface area (Å²) in [5.41, 5.74) is -1.14. The van der Waals surface area contributed by atoms with Gasteiger partial charge in [-0.3, -0.25) is 9.59 Å². The second-order valence-corrected chi connectivity index (χ2v) is 5.11. The first kappa shape index (κ1) is 12.0. The molecule has 0 bridgehead atoms. The van der Waals surface area contributed by atoms with E-state index in [4.69, 9.17) is 0 Å². The summed E-state index contributed by atoms with van der Waals surface area (Å²) in [6.45, 7) is 5.83. The summed E-state index contributed by atoms with van der Waals surface area (Å²) in [5.74, 6) is -0.523. The molecule has 1 aliphatic carbocycles. The number of rotatable bonds is 2. The van der Waals surface area contributed by atoms with E-state index in [0.29, 0.717) is 12.8 Å². The fourth-order valence-electron chi connectivity index (χ4n) is 1.45. The Morgan fingerprint density at radius 2 is 1.73 bits per heavy atom. The third-order valence-electron chi connectivity index (χ3n) is 3.05. The lowest BCUT2D eigenvalue weighted by Gasteiger charge is -2.34. The molecule has 0 aromatic heterocycles. The monoisotopic (exact) mass is 213 g/mol. The van der Waals surface area contributed by atoms with E-state index in [9.17, 15) is 9.59 Å². The van der Waals surface area contributed by atoms with E-state index in [2.05, 4.69) is 4.74 Å². The molecule has 1 saturated carbocycles. The minimum absolute atomic E-state index is 0.123. The van der Waals surface area contributed by atoms with Gasteiger partial charge in [-0.2, -0.15) is 0 Å². The summed E-state index contributed by atoms with van der Waals surface area (Å²) in [4.78, 5) is 25.2. The lowest BCUT2D eigenvalue weighted by atomic mass is 10.0. The van der Waals surface area contributed by atoms with Crippen LogP contribution < -0.4 is 0 Å². The minimum atomic E-state index is -0.878. The number of amides is 1. The first-order valence-electron chi connectivity index (χ1n) is 5.12. The number of esters is 1. The minimum Gasteiger partial charge on any atom is -0.468 e. The number of methoxy groups -OCH3 is 1. The van der Waals surface area contributed by atoms with Crippen molar-refractivity contribution in [2.75, 3.05) is 14.2 Å². The number of hydrogen-bond donors (Lipinski definition) is 0. The lowest BCUT2D eigenvalue weighted by molar-refractivity contribution is -0.157. The Labute approximate surface area is 90.6 Å². The summed E-state index contributed by atoms with van der Waals surface area (Å²) in [6, 6.07) is 0. The van der Waals surface area contributed by atoms with Crippen LogP contribution in [0.2, 0.25) is 0 Å². The Balaban J connectivity index is 2.82. The molecular formula is C11H19NO3. The molecule has 0 saturated heterocycles. The van der Waals surface area contributed by atoms with Crippen LogP contribution in [0.1, 0.15) is 33.6 Å². The molecule has 4 nitrogen and oxygen atoms in total. The van der Waals surface area contributed by atoms with Crippen LogP contribution in [0.3, 0.4) is 0 Å². The first-order valence-corrected chi connectivity index (χ1v) is 5.12. The molecule has 0 aliphatic heterocycles. The Bertz CT molecular complexity index is 287. The molecule has 0 heterocycles. The molecule has 4 heteroatoms. The van der Waals surface area contributed by atoms with Crippen LogP contribution in [-0.2, 0) is 14.3 Å². The molecule has 0 radical (unpaired) electrons. The van der Waals surface area contributed by atoms with Crippen molar-refractivity contribution in [3.63, 3.8) is 0 Å². The van der Waals surface area contributed by atoms with Gasteiger partial charge in [-0.05, 0) is 33.6 Å². The van der Waals surface area contributed by atoms with Crippen LogP contribution in [0.15, 0.2) is 0 Å². The highest BCUT2D eigenvalue weighted by Gasteiger charge is 2.59. The van der Waals surface area contributed by atoms with Crippen molar-refractivity contribution in [3.8, 4) is 0 Å². The van der Waals surface area contributed by atoms with Crippen molar-refractivity contribution in [2.45, 2.75) is 39.2 Å². The quantitative estimate of drug-likeness (QED) is 0.511. The molecule has 0 aromatic carbocycles. The molecule has 86 valence electrons. The fraction of sp³-hybridized carbons (Fsp3) is 0.818. The van der Waals surface area contributed by atoms with Gasteiger partial charge in [0.2, 0.25) is 5.91 Å². The molecule has 0 atom stereocenters. The highest BCUT2D eigenvalue weighted by molar-refractivity contribution is 6.05. The molecular weight excluding hydrogens is 194 g/mol. The summed E-state index contributed by atoms with van der Waals surface area (Å²) in [5, 5.41) is 0. The fourth-order valence-corrected chi connectivity index (χ4v) is 1.45. The van der Waals surface area contributed by atoms with Crippen molar-refractivity contribution < 1.29 is 14.3 Å². The average molecular weight is 213 g/mol. The average Bonchev–Trinajstić information content (AvgIpc) is 2.93. The van der Waals surface area contributed by atoms with E-state index >= 15 is 0 Å². The van der Waals surface area contributed by atoms with Gasteiger partial charge < -0.3 is 9.64 Å². The molecule has 0 N–H and O–H groups in total. The lowest BCUT2D eigenvalue weighted by Crippen LogP contribution is -2.48. The highest BCUT2D eigenvalue weighted by Crippen LogP contribution is 2.48. The zero-order valence-corrected chi connectivity index (χ0v) is 10.1. The van der Waals surface area contributed by atoms with Gasteiger partial charge in [0.15, 0.2) is 0 Å². The molecule has 0 aromatic rings. The molecule has 1 rings (SSSR count). The van der Waals surface area contributed by atoms with Crippen LogP contribution in [0, 0.1) is 5.41 Å². The molecule has 1 aliphatic rings. The predicted molar refractivity (Wildman–Crippen MR) is 56.2 cm³/mol.